The molecule has 2 heteroatoms. The average Bonchev–Trinajstić information content (AvgIpc) is 1.41. The average molecular weight is 197 g/mol. The zero-order valence-corrected chi connectivity index (χ0v) is 5.87. The molecule has 0 nitrogen and oxygen atoms in total. The van der Waals surface area contributed by atoms with Gasteiger partial charge in [-0.25, -0.2) is 0 Å². The fourth-order valence-electron chi connectivity index (χ4n) is 0.0891. The Morgan fingerprint density at radius 2 is 2.17 bits per heavy atom. The maximum absolute atomic E-state index is 5.21. The van der Waals surface area contributed by atoms with Crippen molar-refractivity contribution in [2.24, 2.45) is 0 Å². The van der Waals surface area contributed by atoms with Crippen LogP contribution in [0.15, 0.2) is 12.2 Å². The van der Waals surface area contributed by atoms with Crippen molar-refractivity contribution in [2.75, 3.05) is 5.88 Å². The van der Waals surface area contributed by atoms with E-state index < -0.39 is 0 Å². The minimum Gasteiger partial charge on any atom is -0.122 e. The van der Waals surface area contributed by atoms with Crippen molar-refractivity contribution in [3.8, 4) is 0 Å². The summed E-state index contributed by atoms with van der Waals surface area (Å²) < 4.78 is 0. The van der Waals surface area contributed by atoms with Gasteiger partial charge in [0.25, 0.3) is 0 Å². The molecule has 0 spiro atoms. The van der Waals surface area contributed by atoms with E-state index in [1.807, 2.05) is 19.1 Å². The Morgan fingerprint density at radius 1 is 1.67 bits per heavy atom. The van der Waals surface area contributed by atoms with Crippen LogP contribution in [0.5, 0.6) is 0 Å². The molecule has 0 atom stereocenters. The molecule has 0 bridgehead atoms. The second-order valence-electron chi connectivity index (χ2n) is 0.723. The van der Waals surface area contributed by atoms with E-state index in [0.717, 1.165) is 0 Å². The zero-order valence-electron chi connectivity index (χ0n) is 3.56. The topological polar surface area (TPSA) is 0 Å². The van der Waals surface area contributed by atoms with Crippen molar-refractivity contribution < 1.29 is 20.4 Å². The molecule has 0 aromatic rings. The molecule has 0 unspecified atom stereocenters. The summed E-state index contributed by atoms with van der Waals surface area (Å²) in [6.45, 7) is 1.95. The van der Waals surface area contributed by atoms with Gasteiger partial charge in [-0.05, 0) is 6.92 Å². The Balaban J connectivity index is 0. The first-order valence-corrected chi connectivity index (χ1v) is 2.12. The molecule has 0 saturated heterocycles. The molecule has 0 heterocycles. The molecule has 6 heavy (non-hydrogen) atoms. The molecule has 0 aromatic heterocycles. The van der Waals surface area contributed by atoms with Gasteiger partial charge in [0.05, 0.1) is 0 Å². The molecule has 0 N–H and O–H groups in total. The fraction of sp³-hybridized carbons (Fsp3) is 0.500. The van der Waals surface area contributed by atoms with Gasteiger partial charge in [0, 0.05) is 26.3 Å². The first-order chi connectivity index (χ1) is 2.41. The van der Waals surface area contributed by atoms with E-state index in [9.17, 15) is 0 Å². The molecule has 0 rings (SSSR count). The summed E-state index contributed by atoms with van der Waals surface area (Å²) in [5, 5.41) is 0. The van der Waals surface area contributed by atoms with Gasteiger partial charge in [0.1, 0.15) is 0 Å². The van der Waals surface area contributed by atoms with Gasteiger partial charge in [-0.15, -0.1) is 11.6 Å². The molecular weight excluding hydrogens is 190 g/mol. The van der Waals surface area contributed by atoms with E-state index in [-0.39, 0.29) is 20.4 Å². The van der Waals surface area contributed by atoms with Gasteiger partial charge >= 0.3 is 0 Å². The predicted molar refractivity (Wildman–Crippen MR) is 25.5 cm³/mol. The van der Waals surface area contributed by atoms with E-state index in [1.165, 1.54) is 0 Å². The molecule has 40 valence electrons. The van der Waals surface area contributed by atoms with E-state index in [4.69, 9.17) is 11.6 Å². The summed E-state index contributed by atoms with van der Waals surface area (Å²) in [6.07, 6.45) is 3.81. The summed E-state index contributed by atoms with van der Waals surface area (Å²) in [7, 11) is 0. The Bertz CT molecular complexity index is 34.5. The summed E-state index contributed by atoms with van der Waals surface area (Å²) in [5.41, 5.74) is 0. The van der Waals surface area contributed by atoms with Gasteiger partial charge in [-0.1, -0.05) is 12.2 Å². The van der Waals surface area contributed by atoms with Crippen LogP contribution in [0.25, 0.3) is 0 Å². The second kappa shape index (κ2) is 9.19. The molecule has 0 radical (unpaired) electrons. The molecule has 0 saturated carbocycles. The van der Waals surface area contributed by atoms with Crippen molar-refractivity contribution in [2.45, 2.75) is 6.92 Å². The predicted octanol–water partition coefficient (Wildman–Crippen LogP) is 1.80. The van der Waals surface area contributed by atoms with Crippen molar-refractivity contribution in [3.63, 3.8) is 0 Å². The van der Waals surface area contributed by atoms with E-state index in [1.54, 1.807) is 0 Å². The van der Waals surface area contributed by atoms with Crippen LogP contribution in [0.4, 0.5) is 0 Å². The van der Waals surface area contributed by atoms with Gasteiger partial charge in [0.15, 0.2) is 0 Å². The van der Waals surface area contributed by atoms with Crippen LogP contribution in [-0.4, -0.2) is 5.88 Å². The van der Waals surface area contributed by atoms with Gasteiger partial charge in [-0.2, -0.15) is 0 Å². The van der Waals surface area contributed by atoms with E-state index >= 15 is 0 Å². The first kappa shape index (κ1) is 9.85. The molecule has 0 aromatic carbocycles. The van der Waals surface area contributed by atoms with Crippen LogP contribution < -0.4 is 0 Å². The monoisotopic (exact) mass is 196 g/mol. The van der Waals surface area contributed by atoms with E-state index in [0.29, 0.717) is 5.88 Å². The minimum atomic E-state index is 0. The number of allylic oxidation sites excluding steroid dienone is 2. The molecule has 0 fully saturated rings. The second-order valence-corrected chi connectivity index (χ2v) is 1.03. The standard InChI is InChI=1S/C4H7Cl.Pd/c1-2-3-4-5;/h2-3H,4H2,1H3;. The maximum atomic E-state index is 5.21. The van der Waals surface area contributed by atoms with E-state index in [2.05, 4.69) is 0 Å². The Labute approximate surface area is 57.2 Å². The van der Waals surface area contributed by atoms with Crippen LogP contribution >= 0.6 is 11.6 Å². The normalized spacial score (nSPS) is 8.33. The number of hydrogen-bond donors (Lipinski definition) is 0. The summed E-state index contributed by atoms with van der Waals surface area (Å²) in [5.74, 6) is 0.635. The van der Waals surface area contributed by atoms with Crippen LogP contribution in [-0.2, 0) is 20.4 Å². The van der Waals surface area contributed by atoms with Crippen molar-refractivity contribution in [1.29, 1.82) is 0 Å². The molecule has 0 amide bonds. The third-order valence-corrected chi connectivity index (χ3v) is 0.503. The van der Waals surface area contributed by atoms with Crippen LogP contribution in [0.3, 0.4) is 0 Å². The first-order valence-electron chi connectivity index (χ1n) is 1.59. The SMILES string of the molecule is CC=CCCl.[Pd]. The fourth-order valence-corrected chi connectivity index (χ4v) is 0.267. The largest absolute Gasteiger partial charge is 0.122 e. The third-order valence-electron chi connectivity index (χ3n) is 0.325. The summed E-state index contributed by atoms with van der Waals surface area (Å²) >= 11 is 5.21. The zero-order chi connectivity index (χ0) is 4.12. The van der Waals surface area contributed by atoms with Crippen molar-refractivity contribution >= 4 is 11.6 Å². The summed E-state index contributed by atoms with van der Waals surface area (Å²) in [6, 6.07) is 0. The van der Waals surface area contributed by atoms with Crippen LogP contribution in [0, 0.1) is 0 Å². The minimum absolute atomic E-state index is 0. The Morgan fingerprint density at radius 3 is 2.17 bits per heavy atom. The smallest absolute Gasteiger partial charge is 0.0404 e. The van der Waals surface area contributed by atoms with Gasteiger partial charge < -0.3 is 0 Å². The molecular formula is C4H7ClPd. The van der Waals surface area contributed by atoms with Crippen molar-refractivity contribution in [3.05, 3.63) is 12.2 Å². The van der Waals surface area contributed by atoms with Gasteiger partial charge in [0.2, 0.25) is 0 Å². The summed E-state index contributed by atoms with van der Waals surface area (Å²) in [4.78, 5) is 0. The Kier molecular flexibility index (Phi) is 15.1. The number of hydrogen-bond acceptors (Lipinski definition) is 0. The molecule has 0 aliphatic carbocycles. The molecule has 0 aliphatic heterocycles. The van der Waals surface area contributed by atoms with Crippen LogP contribution in [0.2, 0.25) is 0 Å². The van der Waals surface area contributed by atoms with Gasteiger partial charge in [-0.3, -0.25) is 0 Å². The maximum Gasteiger partial charge on any atom is 0.0404 e. The number of rotatable bonds is 1. The molecule has 0 aliphatic rings. The number of halogens is 1. The number of alkyl halides is 1. The Hall–Kier alpha value is 0.692. The third kappa shape index (κ3) is 8.83. The van der Waals surface area contributed by atoms with Crippen molar-refractivity contribution in [1.82, 2.24) is 0 Å². The van der Waals surface area contributed by atoms with Crippen LogP contribution in [0.1, 0.15) is 6.92 Å². The quantitative estimate of drug-likeness (QED) is 0.341.